The molecule has 0 heterocycles. The van der Waals surface area contributed by atoms with Crippen molar-refractivity contribution in [2.75, 3.05) is 5.32 Å². The summed E-state index contributed by atoms with van der Waals surface area (Å²) in [5.41, 5.74) is 1.41. The molecule has 15 heavy (non-hydrogen) atoms. The fourth-order valence-electron chi connectivity index (χ4n) is 1.41. The number of para-hydroxylation sites is 1. The summed E-state index contributed by atoms with van der Waals surface area (Å²) >= 11 is 5.87. The number of rotatable bonds is 2. The van der Waals surface area contributed by atoms with E-state index in [4.69, 9.17) is 11.6 Å². The van der Waals surface area contributed by atoms with E-state index in [9.17, 15) is 4.79 Å². The molecule has 2 rings (SSSR count). The van der Waals surface area contributed by atoms with Crippen LogP contribution in [0.5, 0.6) is 0 Å². The quantitative estimate of drug-likeness (QED) is 0.814. The number of benzene rings is 1. The second-order valence-electron chi connectivity index (χ2n) is 3.25. The zero-order valence-corrected chi connectivity index (χ0v) is 8.79. The van der Waals surface area contributed by atoms with E-state index in [2.05, 4.69) is 5.32 Å². The number of nitrogens with one attached hydrogen (secondary N) is 1. The van der Waals surface area contributed by atoms with Crippen LogP contribution in [0.2, 0.25) is 0 Å². The van der Waals surface area contributed by atoms with Crippen LogP contribution in [0.3, 0.4) is 0 Å². The first-order valence-electron chi connectivity index (χ1n) is 4.69. The Morgan fingerprint density at radius 3 is 2.60 bits per heavy atom. The van der Waals surface area contributed by atoms with Gasteiger partial charge in [0.1, 0.15) is 0 Å². The molecule has 1 aromatic rings. The zero-order valence-electron chi connectivity index (χ0n) is 8.03. The Labute approximate surface area is 93.3 Å². The smallest absolute Gasteiger partial charge is 0.253 e. The monoisotopic (exact) mass is 219 g/mol. The van der Waals surface area contributed by atoms with Gasteiger partial charge in [-0.1, -0.05) is 35.9 Å². The van der Waals surface area contributed by atoms with Crippen LogP contribution in [0.15, 0.2) is 53.1 Å². The van der Waals surface area contributed by atoms with E-state index in [1.807, 2.05) is 36.4 Å². The minimum atomic E-state index is -0.129. The van der Waals surface area contributed by atoms with Crippen LogP contribution in [-0.4, -0.2) is 5.91 Å². The van der Waals surface area contributed by atoms with E-state index in [0.29, 0.717) is 17.0 Å². The van der Waals surface area contributed by atoms with Gasteiger partial charge in [0.15, 0.2) is 0 Å². The van der Waals surface area contributed by atoms with Crippen molar-refractivity contribution in [3.63, 3.8) is 0 Å². The Morgan fingerprint density at radius 1 is 1.27 bits per heavy atom. The maximum Gasteiger partial charge on any atom is 0.253 e. The highest BCUT2D eigenvalue weighted by molar-refractivity contribution is 6.34. The molecule has 76 valence electrons. The third-order valence-corrected chi connectivity index (χ3v) is 2.53. The average molecular weight is 220 g/mol. The topological polar surface area (TPSA) is 29.1 Å². The van der Waals surface area contributed by atoms with Gasteiger partial charge in [-0.2, -0.15) is 0 Å². The average Bonchev–Trinajstić information content (AvgIpc) is 2.66. The van der Waals surface area contributed by atoms with E-state index in [1.165, 1.54) is 0 Å². The first-order chi connectivity index (χ1) is 7.27. The van der Waals surface area contributed by atoms with E-state index in [0.717, 1.165) is 5.69 Å². The SMILES string of the molecule is O=C(Nc1ccccc1)C1=C(Cl)C=CC1. The van der Waals surface area contributed by atoms with Gasteiger partial charge in [-0.3, -0.25) is 4.79 Å². The zero-order chi connectivity index (χ0) is 10.7. The van der Waals surface area contributed by atoms with E-state index < -0.39 is 0 Å². The molecule has 1 amide bonds. The Kier molecular flexibility index (Phi) is 2.88. The summed E-state index contributed by atoms with van der Waals surface area (Å²) in [6.07, 6.45) is 4.24. The lowest BCUT2D eigenvalue weighted by Gasteiger charge is -2.05. The Balaban J connectivity index is 2.09. The molecule has 0 bridgehead atoms. The van der Waals surface area contributed by atoms with Gasteiger partial charge < -0.3 is 5.32 Å². The predicted molar refractivity (Wildman–Crippen MR) is 61.7 cm³/mol. The molecule has 0 aromatic heterocycles. The van der Waals surface area contributed by atoms with Crippen LogP contribution in [0.4, 0.5) is 5.69 Å². The lowest BCUT2D eigenvalue weighted by molar-refractivity contribution is -0.112. The van der Waals surface area contributed by atoms with Gasteiger partial charge in [0.2, 0.25) is 0 Å². The van der Waals surface area contributed by atoms with Crippen LogP contribution < -0.4 is 5.32 Å². The summed E-state index contributed by atoms with van der Waals surface area (Å²) in [7, 11) is 0. The molecule has 0 saturated heterocycles. The number of allylic oxidation sites excluding steroid dienone is 3. The molecule has 1 N–H and O–H groups in total. The molecule has 1 aromatic carbocycles. The van der Waals surface area contributed by atoms with Gasteiger partial charge in [-0.15, -0.1) is 0 Å². The molecule has 3 heteroatoms. The minimum Gasteiger partial charge on any atom is -0.322 e. The first kappa shape index (κ1) is 9.99. The first-order valence-corrected chi connectivity index (χ1v) is 5.07. The highest BCUT2D eigenvalue weighted by Crippen LogP contribution is 2.23. The molecular formula is C12H10ClNO. The Morgan fingerprint density at radius 2 is 2.00 bits per heavy atom. The van der Waals surface area contributed by atoms with Crippen molar-refractivity contribution in [1.82, 2.24) is 0 Å². The summed E-state index contributed by atoms with van der Waals surface area (Å²) in [6.45, 7) is 0. The van der Waals surface area contributed by atoms with Crippen molar-refractivity contribution in [3.8, 4) is 0 Å². The largest absolute Gasteiger partial charge is 0.322 e. The van der Waals surface area contributed by atoms with E-state index in [1.54, 1.807) is 6.08 Å². The summed E-state index contributed by atoms with van der Waals surface area (Å²) in [5.74, 6) is -0.129. The van der Waals surface area contributed by atoms with Crippen LogP contribution in [0.25, 0.3) is 0 Å². The second kappa shape index (κ2) is 4.32. The summed E-state index contributed by atoms with van der Waals surface area (Å²) in [6, 6.07) is 9.33. The standard InChI is InChI=1S/C12H10ClNO/c13-11-8-4-7-10(11)12(15)14-9-5-2-1-3-6-9/h1-6,8H,7H2,(H,14,15). The Bertz CT molecular complexity index is 434. The molecule has 0 spiro atoms. The molecule has 0 radical (unpaired) electrons. The van der Waals surface area contributed by atoms with Crippen LogP contribution in [0.1, 0.15) is 6.42 Å². The molecule has 0 aliphatic heterocycles. The Hall–Kier alpha value is -1.54. The number of halogens is 1. The molecule has 1 aliphatic rings. The fraction of sp³-hybridized carbons (Fsp3) is 0.0833. The molecule has 1 aliphatic carbocycles. The van der Waals surface area contributed by atoms with Crippen molar-refractivity contribution in [1.29, 1.82) is 0 Å². The lowest BCUT2D eigenvalue weighted by atomic mass is 10.2. The van der Waals surface area contributed by atoms with E-state index in [-0.39, 0.29) is 5.91 Å². The molecule has 0 atom stereocenters. The van der Waals surface area contributed by atoms with Crippen molar-refractivity contribution < 1.29 is 4.79 Å². The lowest BCUT2D eigenvalue weighted by Crippen LogP contribution is -2.13. The highest BCUT2D eigenvalue weighted by atomic mass is 35.5. The molecule has 0 saturated carbocycles. The van der Waals surface area contributed by atoms with Crippen molar-refractivity contribution in [2.45, 2.75) is 6.42 Å². The normalized spacial score (nSPS) is 14.5. The predicted octanol–water partition coefficient (Wildman–Crippen LogP) is 3.08. The van der Waals surface area contributed by atoms with Gasteiger partial charge in [0.05, 0.1) is 0 Å². The van der Waals surface area contributed by atoms with Crippen LogP contribution >= 0.6 is 11.6 Å². The molecule has 0 unspecified atom stereocenters. The summed E-state index contributed by atoms with van der Waals surface area (Å²) < 4.78 is 0. The van der Waals surface area contributed by atoms with Gasteiger partial charge in [-0.05, 0) is 24.6 Å². The molecule has 2 nitrogen and oxygen atoms in total. The summed E-state index contributed by atoms with van der Waals surface area (Å²) in [4.78, 5) is 11.7. The van der Waals surface area contributed by atoms with E-state index >= 15 is 0 Å². The second-order valence-corrected chi connectivity index (χ2v) is 3.66. The van der Waals surface area contributed by atoms with Crippen molar-refractivity contribution in [2.24, 2.45) is 0 Å². The third-order valence-electron chi connectivity index (χ3n) is 2.18. The summed E-state index contributed by atoms with van der Waals surface area (Å²) in [5, 5.41) is 3.32. The number of anilines is 1. The number of carbonyl (C=O) groups excluding carboxylic acids is 1. The molecular weight excluding hydrogens is 210 g/mol. The van der Waals surface area contributed by atoms with Crippen molar-refractivity contribution >= 4 is 23.2 Å². The van der Waals surface area contributed by atoms with Gasteiger partial charge >= 0.3 is 0 Å². The van der Waals surface area contributed by atoms with Crippen LogP contribution in [-0.2, 0) is 4.79 Å². The van der Waals surface area contributed by atoms with Gasteiger partial charge in [0, 0.05) is 16.3 Å². The van der Waals surface area contributed by atoms with Crippen molar-refractivity contribution in [3.05, 3.63) is 53.1 Å². The third kappa shape index (κ3) is 2.28. The highest BCUT2D eigenvalue weighted by Gasteiger charge is 2.15. The van der Waals surface area contributed by atoms with Crippen LogP contribution in [0, 0.1) is 0 Å². The number of carbonyl (C=O) groups is 1. The maximum absolute atomic E-state index is 11.7. The van der Waals surface area contributed by atoms with Gasteiger partial charge in [0.25, 0.3) is 5.91 Å². The minimum absolute atomic E-state index is 0.129. The number of hydrogen-bond donors (Lipinski definition) is 1. The fourth-order valence-corrected chi connectivity index (χ4v) is 1.66. The maximum atomic E-state index is 11.7. The number of hydrogen-bond acceptors (Lipinski definition) is 1. The van der Waals surface area contributed by atoms with Gasteiger partial charge in [-0.25, -0.2) is 0 Å². The number of amides is 1. The molecule has 0 fully saturated rings.